The second kappa shape index (κ2) is 4.75. The largest absolute Gasteiger partial charge is 0.310 e. The molecule has 0 aliphatic rings. The van der Waals surface area contributed by atoms with Gasteiger partial charge in [-0.15, -0.1) is 0 Å². The lowest BCUT2D eigenvalue weighted by molar-refractivity contribution is 0.840. The van der Waals surface area contributed by atoms with E-state index in [0.717, 1.165) is 18.7 Å². The summed E-state index contributed by atoms with van der Waals surface area (Å²) in [5.74, 6) is 0.749. The van der Waals surface area contributed by atoms with Crippen molar-refractivity contribution in [2.24, 2.45) is 0 Å². The number of hydrogen-bond donors (Lipinski definition) is 1. The maximum Gasteiger partial charge on any atom is 0.253 e. The maximum atomic E-state index is 11.4. The molecular formula is C13H14N2O. The van der Waals surface area contributed by atoms with Crippen LogP contribution in [0.5, 0.6) is 0 Å². The van der Waals surface area contributed by atoms with Gasteiger partial charge in [0.05, 0.1) is 0 Å². The number of rotatable bonds is 3. The molecule has 1 heterocycles. The Bertz CT molecular complexity index is 517. The van der Waals surface area contributed by atoms with E-state index in [0.29, 0.717) is 5.56 Å². The Balaban J connectivity index is 2.05. The summed E-state index contributed by atoms with van der Waals surface area (Å²) in [4.78, 5) is 18.3. The summed E-state index contributed by atoms with van der Waals surface area (Å²) in [7, 11) is 0. The molecule has 2 rings (SSSR count). The van der Waals surface area contributed by atoms with Gasteiger partial charge in [-0.25, -0.2) is 4.98 Å². The number of H-pyrrole nitrogens is 1. The van der Waals surface area contributed by atoms with E-state index >= 15 is 0 Å². The van der Waals surface area contributed by atoms with Gasteiger partial charge in [0.1, 0.15) is 5.82 Å². The highest BCUT2D eigenvalue weighted by Gasteiger charge is 1.99. The first-order valence-electron chi connectivity index (χ1n) is 5.34. The quantitative estimate of drug-likeness (QED) is 0.847. The van der Waals surface area contributed by atoms with Crippen molar-refractivity contribution in [3.63, 3.8) is 0 Å². The Labute approximate surface area is 94.2 Å². The summed E-state index contributed by atoms with van der Waals surface area (Å²) in [5, 5.41) is 0. The van der Waals surface area contributed by atoms with Gasteiger partial charge in [-0.1, -0.05) is 30.3 Å². The number of hydrogen-bond acceptors (Lipinski definition) is 2. The number of nitrogens with zero attached hydrogens (tertiary/aromatic N) is 1. The lowest BCUT2D eigenvalue weighted by Crippen LogP contribution is -2.13. The molecule has 0 amide bonds. The fraction of sp³-hybridized carbons (Fsp3) is 0.231. The molecule has 0 aliphatic carbocycles. The highest BCUT2D eigenvalue weighted by atomic mass is 16.1. The van der Waals surface area contributed by atoms with Crippen LogP contribution >= 0.6 is 0 Å². The molecule has 16 heavy (non-hydrogen) atoms. The van der Waals surface area contributed by atoms with Crippen LogP contribution in [-0.4, -0.2) is 9.97 Å². The summed E-state index contributed by atoms with van der Waals surface area (Å²) < 4.78 is 0. The van der Waals surface area contributed by atoms with Gasteiger partial charge in [-0.05, 0) is 18.9 Å². The van der Waals surface area contributed by atoms with Gasteiger partial charge in [-0.3, -0.25) is 4.79 Å². The molecule has 3 heteroatoms. The normalized spacial score (nSPS) is 10.3. The summed E-state index contributed by atoms with van der Waals surface area (Å²) >= 11 is 0. The zero-order valence-electron chi connectivity index (χ0n) is 9.23. The predicted octanol–water partition coefficient (Wildman–Crippen LogP) is 1.86. The van der Waals surface area contributed by atoms with Crippen molar-refractivity contribution in [2.75, 3.05) is 0 Å². The highest BCUT2D eigenvalue weighted by molar-refractivity contribution is 5.15. The third kappa shape index (κ3) is 2.57. The molecule has 0 aliphatic heterocycles. The standard InChI is InChI=1S/C13H14N2O/c1-10-9-14-12(15-13(10)16)8-7-11-5-3-2-4-6-11/h2-6,9H,7-8H2,1H3,(H,14,15,16). The van der Waals surface area contributed by atoms with Gasteiger partial charge in [0, 0.05) is 18.2 Å². The Morgan fingerprint density at radius 3 is 2.62 bits per heavy atom. The van der Waals surface area contributed by atoms with Crippen LogP contribution in [0.3, 0.4) is 0 Å². The summed E-state index contributed by atoms with van der Waals surface area (Å²) in [6.45, 7) is 1.76. The van der Waals surface area contributed by atoms with Crippen LogP contribution < -0.4 is 5.56 Å². The van der Waals surface area contributed by atoms with E-state index in [-0.39, 0.29) is 5.56 Å². The van der Waals surface area contributed by atoms with E-state index in [1.807, 2.05) is 18.2 Å². The SMILES string of the molecule is Cc1cnc(CCc2ccccc2)[nH]c1=O. The second-order valence-corrected chi connectivity index (χ2v) is 3.83. The van der Waals surface area contributed by atoms with E-state index in [4.69, 9.17) is 0 Å². The number of benzene rings is 1. The minimum atomic E-state index is -0.0435. The topological polar surface area (TPSA) is 45.8 Å². The van der Waals surface area contributed by atoms with Crippen molar-refractivity contribution in [3.8, 4) is 0 Å². The lowest BCUT2D eigenvalue weighted by atomic mass is 10.1. The fourth-order valence-electron chi connectivity index (χ4n) is 1.53. The molecule has 0 unspecified atom stereocenters. The fourth-order valence-corrected chi connectivity index (χ4v) is 1.53. The Kier molecular flexibility index (Phi) is 3.15. The molecule has 2 aromatic rings. The van der Waals surface area contributed by atoms with E-state index in [1.54, 1.807) is 13.1 Å². The molecule has 0 atom stereocenters. The second-order valence-electron chi connectivity index (χ2n) is 3.83. The summed E-state index contributed by atoms with van der Waals surface area (Å²) in [6, 6.07) is 10.2. The van der Waals surface area contributed by atoms with Crippen molar-refractivity contribution in [1.29, 1.82) is 0 Å². The zero-order chi connectivity index (χ0) is 11.4. The van der Waals surface area contributed by atoms with Gasteiger partial charge >= 0.3 is 0 Å². The van der Waals surface area contributed by atoms with E-state index in [9.17, 15) is 4.79 Å². The van der Waals surface area contributed by atoms with Crippen LogP contribution in [0.15, 0.2) is 41.3 Å². The first kappa shape index (κ1) is 10.6. The van der Waals surface area contributed by atoms with Crippen molar-refractivity contribution in [1.82, 2.24) is 9.97 Å². The minimum absolute atomic E-state index is 0.0435. The Hall–Kier alpha value is -1.90. The summed E-state index contributed by atoms with van der Waals surface area (Å²) in [5.41, 5.74) is 1.87. The van der Waals surface area contributed by atoms with E-state index in [2.05, 4.69) is 22.1 Å². The summed E-state index contributed by atoms with van der Waals surface area (Å²) in [6.07, 6.45) is 3.28. The number of aryl methyl sites for hydroxylation is 3. The zero-order valence-corrected chi connectivity index (χ0v) is 9.23. The monoisotopic (exact) mass is 214 g/mol. The average molecular weight is 214 g/mol. The lowest BCUT2D eigenvalue weighted by Gasteiger charge is -2.01. The van der Waals surface area contributed by atoms with Crippen molar-refractivity contribution >= 4 is 0 Å². The van der Waals surface area contributed by atoms with Crippen molar-refractivity contribution < 1.29 is 0 Å². The van der Waals surface area contributed by atoms with Crippen LogP contribution in [0, 0.1) is 6.92 Å². The molecule has 0 fully saturated rings. The van der Waals surface area contributed by atoms with Crippen LogP contribution in [0.4, 0.5) is 0 Å². The average Bonchev–Trinajstić information content (AvgIpc) is 2.32. The smallest absolute Gasteiger partial charge is 0.253 e. The number of aromatic amines is 1. The van der Waals surface area contributed by atoms with Gasteiger partial charge in [0.15, 0.2) is 0 Å². The number of nitrogens with one attached hydrogen (secondary N) is 1. The first-order chi connectivity index (χ1) is 7.75. The third-order valence-electron chi connectivity index (χ3n) is 2.52. The molecule has 82 valence electrons. The van der Waals surface area contributed by atoms with Crippen LogP contribution in [-0.2, 0) is 12.8 Å². The predicted molar refractivity (Wildman–Crippen MR) is 63.4 cm³/mol. The van der Waals surface area contributed by atoms with Gasteiger partial charge in [-0.2, -0.15) is 0 Å². The Morgan fingerprint density at radius 1 is 1.19 bits per heavy atom. The molecule has 1 aromatic heterocycles. The van der Waals surface area contributed by atoms with Gasteiger partial charge < -0.3 is 4.98 Å². The van der Waals surface area contributed by atoms with Crippen molar-refractivity contribution in [3.05, 3.63) is 63.8 Å². The molecule has 1 N–H and O–H groups in total. The first-order valence-corrected chi connectivity index (χ1v) is 5.34. The molecule has 1 aromatic carbocycles. The Morgan fingerprint density at radius 2 is 1.94 bits per heavy atom. The number of aromatic nitrogens is 2. The van der Waals surface area contributed by atoms with Gasteiger partial charge in [0.25, 0.3) is 5.56 Å². The molecule has 0 saturated carbocycles. The molecular weight excluding hydrogens is 200 g/mol. The van der Waals surface area contributed by atoms with Crippen molar-refractivity contribution in [2.45, 2.75) is 19.8 Å². The maximum absolute atomic E-state index is 11.4. The van der Waals surface area contributed by atoms with Crippen LogP contribution in [0.1, 0.15) is 17.0 Å². The molecule has 0 saturated heterocycles. The molecule has 3 nitrogen and oxygen atoms in total. The highest BCUT2D eigenvalue weighted by Crippen LogP contribution is 2.02. The molecule has 0 spiro atoms. The van der Waals surface area contributed by atoms with E-state index in [1.165, 1.54) is 5.56 Å². The molecule has 0 radical (unpaired) electrons. The third-order valence-corrected chi connectivity index (χ3v) is 2.52. The van der Waals surface area contributed by atoms with Gasteiger partial charge in [0.2, 0.25) is 0 Å². The molecule has 0 bridgehead atoms. The van der Waals surface area contributed by atoms with Crippen LogP contribution in [0.25, 0.3) is 0 Å². The van der Waals surface area contributed by atoms with Crippen LogP contribution in [0.2, 0.25) is 0 Å². The minimum Gasteiger partial charge on any atom is -0.310 e. The van der Waals surface area contributed by atoms with E-state index < -0.39 is 0 Å².